The van der Waals surface area contributed by atoms with E-state index in [0.29, 0.717) is 10.7 Å². The van der Waals surface area contributed by atoms with Gasteiger partial charge in [0.15, 0.2) is 0 Å². The Morgan fingerprint density at radius 3 is 3.00 bits per heavy atom. The molecule has 0 radical (unpaired) electrons. The summed E-state index contributed by atoms with van der Waals surface area (Å²) < 4.78 is 27.5. The van der Waals surface area contributed by atoms with Gasteiger partial charge in [0.05, 0.1) is 10.9 Å². The smallest absolute Gasteiger partial charge is 0.241 e. The lowest BCUT2D eigenvalue weighted by atomic mass is 10.0. The van der Waals surface area contributed by atoms with E-state index in [1.165, 1.54) is 0 Å². The third-order valence-corrected chi connectivity index (χ3v) is 5.13. The molecule has 1 aromatic carbocycles. The second kappa shape index (κ2) is 5.50. The van der Waals surface area contributed by atoms with E-state index >= 15 is 0 Å². The van der Waals surface area contributed by atoms with Crippen LogP contribution in [0.1, 0.15) is 30.8 Å². The molecule has 1 aliphatic heterocycles. The zero-order chi connectivity index (χ0) is 14.9. The fourth-order valence-corrected chi connectivity index (χ4v) is 3.75. The number of rotatable bonds is 4. The maximum absolute atomic E-state index is 12.5. The molecule has 1 atom stereocenters. The van der Waals surface area contributed by atoms with Crippen molar-refractivity contribution in [3.05, 3.63) is 42.0 Å². The van der Waals surface area contributed by atoms with Crippen molar-refractivity contribution < 1.29 is 8.42 Å². The Morgan fingerprint density at radius 1 is 1.38 bits per heavy atom. The minimum atomic E-state index is -3.56. The van der Waals surface area contributed by atoms with Crippen LogP contribution in [0.2, 0.25) is 0 Å². The molecule has 1 aromatic heterocycles. The van der Waals surface area contributed by atoms with Crippen LogP contribution < -0.4 is 10.0 Å². The predicted molar refractivity (Wildman–Crippen MR) is 80.6 cm³/mol. The molecule has 2 heterocycles. The number of H-pyrrole nitrogens is 1. The van der Waals surface area contributed by atoms with Crippen LogP contribution in [0.25, 0.3) is 0 Å². The van der Waals surface area contributed by atoms with Crippen molar-refractivity contribution in [1.82, 2.24) is 14.7 Å². The van der Waals surface area contributed by atoms with Crippen LogP contribution in [-0.2, 0) is 16.4 Å². The minimum absolute atomic E-state index is 0.295. The monoisotopic (exact) mass is 306 g/mol. The lowest BCUT2D eigenvalue weighted by molar-refractivity contribution is 0.561. The SMILES string of the molecule is CC(NS(=O)(=O)c1ccc2c(c1)CCCN2)c1ncc[nH]1. The first kappa shape index (κ1) is 14.1. The first-order valence-electron chi connectivity index (χ1n) is 6.95. The van der Waals surface area contributed by atoms with Crippen LogP contribution in [0, 0.1) is 0 Å². The molecule has 6 nitrogen and oxygen atoms in total. The molecule has 0 fully saturated rings. The Bertz CT molecular complexity index is 725. The highest BCUT2D eigenvalue weighted by molar-refractivity contribution is 7.89. The molecule has 3 N–H and O–H groups in total. The summed E-state index contributed by atoms with van der Waals surface area (Å²) in [4.78, 5) is 7.28. The Balaban J connectivity index is 1.84. The van der Waals surface area contributed by atoms with Gasteiger partial charge < -0.3 is 10.3 Å². The molecule has 1 aliphatic rings. The van der Waals surface area contributed by atoms with Crippen molar-refractivity contribution in [2.75, 3.05) is 11.9 Å². The highest BCUT2D eigenvalue weighted by Gasteiger charge is 2.21. The van der Waals surface area contributed by atoms with Crippen molar-refractivity contribution in [1.29, 1.82) is 0 Å². The average Bonchev–Trinajstić information content (AvgIpc) is 3.00. The van der Waals surface area contributed by atoms with Crippen LogP contribution in [0.15, 0.2) is 35.5 Å². The Morgan fingerprint density at radius 2 is 2.24 bits per heavy atom. The standard InChI is InChI=1S/C14H18N4O2S/c1-10(14-16-7-8-17-14)18-21(19,20)12-4-5-13-11(9-12)3-2-6-15-13/h4-5,7-10,15,18H,2-3,6H2,1H3,(H,16,17). The molecule has 0 bridgehead atoms. The summed E-state index contributed by atoms with van der Waals surface area (Å²) in [6.07, 6.45) is 5.20. The van der Waals surface area contributed by atoms with E-state index in [1.807, 2.05) is 6.07 Å². The first-order valence-corrected chi connectivity index (χ1v) is 8.43. The fourth-order valence-electron chi connectivity index (χ4n) is 2.49. The second-order valence-electron chi connectivity index (χ2n) is 5.17. The molecule has 1 unspecified atom stereocenters. The van der Waals surface area contributed by atoms with Gasteiger partial charge in [-0.05, 0) is 43.5 Å². The van der Waals surface area contributed by atoms with E-state index < -0.39 is 16.1 Å². The second-order valence-corrected chi connectivity index (χ2v) is 6.88. The van der Waals surface area contributed by atoms with E-state index in [4.69, 9.17) is 0 Å². The molecule has 0 saturated carbocycles. The lowest BCUT2D eigenvalue weighted by Gasteiger charge is -2.19. The third kappa shape index (κ3) is 2.93. The molecular weight excluding hydrogens is 288 g/mol. The Kier molecular flexibility index (Phi) is 3.69. The summed E-state index contributed by atoms with van der Waals surface area (Å²) in [5, 5.41) is 3.27. The van der Waals surface area contributed by atoms with Crippen molar-refractivity contribution in [3.8, 4) is 0 Å². The van der Waals surface area contributed by atoms with Gasteiger partial charge in [0.25, 0.3) is 0 Å². The summed E-state index contributed by atoms with van der Waals surface area (Å²) in [7, 11) is -3.56. The molecule has 21 heavy (non-hydrogen) atoms. The topological polar surface area (TPSA) is 86.9 Å². The van der Waals surface area contributed by atoms with Crippen LogP contribution in [-0.4, -0.2) is 24.9 Å². The largest absolute Gasteiger partial charge is 0.385 e. The van der Waals surface area contributed by atoms with Gasteiger partial charge in [-0.1, -0.05) is 0 Å². The number of sulfonamides is 1. The number of aromatic amines is 1. The van der Waals surface area contributed by atoms with Gasteiger partial charge >= 0.3 is 0 Å². The van der Waals surface area contributed by atoms with Gasteiger partial charge in [-0.3, -0.25) is 0 Å². The number of anilines is 1. The summed E-state index contributed by atoms with van der Waals surface area (Å²) in [6.45, 7) is 2.70. The number of nitrogens with one attached hydrogen (secondary N) is 3. The van der Waals surface area contributed by atoms with Crippen LogP contribution in [0.4, 0.5) is 5.69 Å². The van der Waals surface area contributed by atoms with Crippen LogP contribution in [0.5, 0.6) is 0 Å². The number of imidazole rings is 1. The van der Waals surface area contributed by atoms with Gasteiger partial charge in [0.1, 0.15) is 5.82 Å². The number of nitrogens with zero attached hydrogens (tertiary/aromatic N) is 1. The van der Waals surface area contributed by atoms with E-state index in [0.717, 1.165) is 30.6 Å². The highest BCUT2D eigenvalue weighted by atomic mass is 32.2. The number of aryl methyl sites for hydroxylation is 1. The highest BCUT2D eigenvalue weighted by Crippen LogP contribution is 2.25. The van der Waals surface area contributed by atoms with E-state index in [9.17, 15) is 8.42 Å². The number of hydrogen-bond donors (Lipinski definition) is 3. The van der Waals surface area contributed by atoms with E-state index in [-0.39, 0.29) is 0 Å². The number of fused-ring (bicyclic) bond motifs is 1. The summed E-state index contributed by atoms with van der Waals surface area (Å²) >= 11 is 0. The number of aromatic nitrogens is 2. The molecule has 0 amide bonds. The molecule has 0 aliphatic carbocycles. The number of hydrogen-bond acceptors (Lipinski definition) is 4. The summed E-state index contributed by atoms with van der Waals surface area (Å²) in [5.74, 6) is 0.596. The molecule has 0 saturated heterocycles. The van der Waals surface area contributed by atoms with Crippen molar-refractivity contribution >= 4 is 15.7 Å². The fraction of sp³-hybridized carbons (Fsp3) is 0.357. The van der Waals surface area contributed by atoms with Crippen molar-refractivity contribution in [2.24, 2.45) is 0 Å². The third-order valence-electron chi connectivity index (χ3n) is 3.59. The van der Waals surface area contributed by atoms with Gasteiger partial charge in [-0.15, -0.1) is 0 Å². The predicted octanol–water partition coefficient (Wildman–Crippen LogP) is 1.81. The summed E-state index contributed by atoms with van der Waals surface area (Å²) in [5.41, 5.74) is 2.08. The molecule has 3 rings (SSSR count). The maximum atomic E-state index is 12.5. The maximum Gasteiger partial charge on any atom is 0.241 e. The molecule has 112 valence electrons. The zero-order valence-corrected chi connectivity index (χ0v) is 12.6. The van der Waals surface area contributed by atoms with Gasteiger partial charge in [0, 0.05) is 24.6 Å². The number of benzene rings is 1. The van der Waals surface area contributed by atoms with Gasteiger partial charge in [0.2, 0.25) is 10.0 Å². The van der Waals surface area contributed by atoms with Crippen LogP contribution in [0.3, 0.4) is 0 Å². The molecule has 2 aromatic rings. The quantitative estimate of drug-likeness (QED) is 0.804. The van der Waals surface area contributed by atoms with E-state index in [1.54, 1.807) is 31.5 Å². The Hall–Kier alpha value is -1.86. The lowest BCUT2D eigenvalue weighted by Crippen LogP contribution is -2.28. The normalized spacial score (nSPS) is 16.0. The average molecular weight is 306 g/mol. The van der Waals surface area contributed by atoms with Crippen molar-refractivity contribution in [2.45, 2.75) is 30.7 Å². The van der Waals surface area contributed by atoms with Gasteiger partial charge in [-0.25, -0.2) is 18.1 Å². The Labute approximate surface area is 124 Å². The van der Waals surface area contributed by atoms with Gasteiger partial charge in [-0.2, -0.15) is 0 Å². The van der Waals surface area contributed by atoms with Crippen molar-refractivity contribution in [3.63, 3.8) is 0 Å². The molecule has 0 spiro atoms. The first-order chi connectivity index (χ1) is 10.1. The summed E-state index contributed by atoms with van der Waals surface area (Å²) in [6, 6.07) is 4.81. The van der Waals surface area contributed by atoms with E-state index in [2.05, 4.69) is 20.0 Å². The minimum Gasteiger partial charge on any atom is -0.385 e. The van der Waals surface area contributed by atoms with Crippen LogP contribution >= 0.6 is 0 Å². The molecule has 7 heteroatoms. The molecular formula is C14H18N4O2S. The zero-order valence-electron chi connectivity index (χ0n) is 11.8.